The van der Waals surface area contributed by atoms with Crippen LogP contribution in [0.25, 0.3) is 0 Å². The summed E-state index contributed by atoms with van der Waals surface area (Å²) in [7, 11) is 0. The second-order valence-corrected chi connectivity index (χ2v) is 6.72. The number of hydrogen-bond acceptors (Lipinski definition) is 4. The molecule has 2 rings (SSSR count). The van der Waals surface area contributed by atoms with Gasteiger partial charge in [-0.3, -0.25) is 0 Å². The summed E-state index contributed by atoms with van der Waals surface area (Å²) < 4.78 is 5.35. The lowest BCUT2D eigenvalue weighted by atomic mass is 10.2. The van der Waals surface area contributed by atoms with Crippen LogP contribution in [0, 0.1) is 0 Å². The van der Waals surface area contributed by atoms with Crippen molar-refractivity contribution in [2.45, 2.75) is 24.6 Å². The van der Waals surface area contributed by atoms with Gasteiger partial charge in [-0.05, 0) is 19.1 Å². The molecule has 4 heteroatoms. The molecule has 1 N–H and O–H groups in total. The number of furan rings is 1. The first kappa shape index (κ1) is 12.4. The lowest BCUT2D eigenvalue weighted by Crippen LogP contribution is -2.35. The van der Waals surface area contributed by atoms with Crippen LogP contribution in [-0.2, 0) is 6.42 Å². The molecule has 2 heterocycles. The van der Waals surface area contributed by atoms with Crippen LogP contribution in [-0.4, -0.2) is 35.1 Å². The maximum absolute atomic E-state index is 5.35. The Morgan fingerprint density at radius 2 is 2.50 bits per heavy atom. The van der Waals surface area contributed by atoms with Crippen LogP contribution in [0.1, 0.15) is 12.7 Å². The summed E-state index contributed by atoms with van der Waals surface area (Å²) in [5.41, 5.74) is 0. The highest BCUT2D eigenvalue weighted by atomic mass is 32.2. The molecule has 1 aliphatic heterocycles. The zero-order valence-electron chi connectivity index (χ0n) is 9.65. The number of nitrogens with one attached hydrogen (secondary N) is 1. The molecule has 1 fully saturated rings. The highest BCUT2D eigenvalue weighted by Gasteiger charge is 2.15. The summed E-state index contributed by atoms with van der Waals surface area (Å²) in [6.45, 7) is 3.35. The third-order valence-corrected chi connectivity index (χ3v) is 5.51. The van der Waals surface area contributed by atoms with E-state index in [1.54, 1.807) is 6.26 Å². The van der Waals surface area contributed by atoms with E-state index >= 15 is 0 Å². The van der Waals surface area contributed by atoms with Gasteiger partial charge >= 0.3 is 0 Å². The van der Waals surface area contributed by atoms with Crippen molar-refractivity contribution >= 4 is 23.5 Å². The molecule has 0 spiro atoms. The van der Waals surface area contributed by atoms with E-state index < -0.39 is 0 Å². The van der Waals surface area contributed by atoms with Crippen LogP contribution >= 0.6 is 23.5 Å². The van der Waals surface area contributed by atoms with Crippen molar-refractivity contribution in [1.82, 2.24) is 5.32 Å². The first-order chi connectivity index (χ1) is 7.84. The van der Waals surface area contributed by atoms with Gasteiger partial charge in [-0.15, -0.1) is 0 Å². The molecule has 1 saturated heterocycles. The standard InChI is InChI=1S/C12H19NOS2/c1-10(7-11-3-2-4-14-11)13-8-12-9-15-5-6-16-12/h2-4,10,12-13H,5-9H2,1H3. The van der Waals surface area contributed by atoms with E-state index in [1.165, 1.54) is 17.3 Å². The van der Waals surface area contributed by atoms with Crippen LogP contribution in [0.4, 0.5) is 0 Å². The first-order valence-electron chi connectivity index (χ1n) is 5.79. The van der Waals surface area contributed by atoms with E-state index in [9.17, 15) is 0 Å². The highest BCUT2D eigenvalue weighted by Crippen LogP contribution is 2.23. The lowest BCUT2D eigenvalue weighted by molar-refractivity contribution is 0.458. The Morgan fingerprint density at radius 1 is 1.56 bits per heavy atom. The zero-order valence-corrected chi connectivity index (χ0v) is 11.3. The summed E-state index contributed by atoms with van der Waals surface area (Å²) >= 11 is 4.19. The van der Waals surface area contributed by atoms with Gasteiger partial charge in [-0.25, -0.2) is 0 Å². The van der Waals surface area contributed by atoms with Gasteiger partial charge in [0.25, 0.3) is 0 Å². The minimum absolute atomic E-state index is 0.499. The van der Waals surface area contributed by atoms with E-state index in [0.29, 0.717) is 6.04 Å². The molecule has 90 valence electrons. The van der Waals surface area contributed by atoms with Crippen molar-refractivity contribution in [3.63, 3.8) is 0 Å². The van der Waals surface area contributed by atoms with Gasteiger partial charge in [-0.1, -0.05) is 0 Å². The minimum Gasteiger partial charge on any atom is -0.469 e. The highest BCUT2D eigenvalue weighted by molar-refractivity contribution is 8.06. The number of thioether (sulfide) groups is 2. The molecule has 0 radical (unpaired) electrons. The third-order valence-electron chi connectivity index (χ3n) is 2.67. The third kappa shape index (κ3) is 4.07. The zero-order chi connectivity index (χ0) is 11.2. The Bertz CT molecular complexity index is 283. The summed E-state index contributed by atoms with van der Waals surface area (Å²) in [6, 6.07) is 4.50. The topological polar surface area (TPSA) is 25.2 Å². The Morgan fingerprint density at radius 3 is 3.19 bits per heavy atom. The molecule has 0 saturated carbocycles. The van der Waals surface area contributed by atoms with Gasteiger partial charge in [0.1, 0.15) is 5.76 Å². The largest absolute Gasteiger partial charge is 0.469 e. The van der Waals surface area contributed by atoms with Gasteiger partial charge in [0.2, 0.25) is 0 Å². The van der Waals surface area contributed by atoms with Gasteiger partial charge in [0.05, 0.1) is 6.26 Å². The summed E-state index contributed by atoms with van der Waals surface area (Å²) in [6.07, 6.45) is 2.73. The predicted octanol–water partition coefficient (Wildman–Crippen LogP) is 2.65. The van der Waals surface area contributed by atoms with Crippen molar-refractivity contribution < 1.29 is 4.42 Å². The van der Waals surface area contributed by atoms with Crippen LogP contribution in [0.3, 0.4) is 0 Å². The van der Waals surface area contributed by atoms with Crippen LogP contribution < -0.4 is 5.32 Å². The molecule has 2 nitrogen and oxygen atoms in total. The average Bonchev–Trinajstić information content (AvgIpc) is 2.81. The normalized spacial score (nSPS) is 23.2. The molecule has 0 amide bonds. The fourth-order valence-corrected chi connectivity index (χ4v) is 4.41. The Labute approximate surface area is 106 Å². The Balaban J connectivity index is 1.65. The SMILES string of the molecule is CC(Cc1ccco1)NCC1CSCCS1. The van der Waals surface area contributed by atoms with Crippen LogP contribution in [0.15, 0.2) is 22.8 Å². The van der Waals surface area contributed by atoms with Crippen LogP contribution in [0.2, 0.25) is 0 Å². The molecular formula is C12H19NOS2. The number of rotatable bonds is 5. The van der Waals surface area contributed by atoms with E-state index in [2.05, 4.69) is 35.8 Å². The second-order valence-electron chi connectivity index (χ2n) is 4.16. The molecule has 2 atom stereocenters. The smallest absolute Gasteiger partial charge is 0.105 e. The summed E-state index contributed by atoms with van der Waals surface area (Å²) in [5, 5.41) is 4.39. The van der Waals surface area contributed by atoms with E-state index in [1.807, 2.05) is 12.1 Å². The molecular weight excluding hydrogens is 238 g/mol. The lowest BCUT2D eigenvalue weighted by Gasteiger charge is -2.23. The second kappa shape index (κ2) is 6.62. The monoisotopic (exact) mass is 257 g/mol. The van der Waals surface area contributed by atoms with Gasteiger partial charge in [-0.2, -0.15) is 23.5 Å². The van der Waals surface area contributed by atoms with Crippen molar-refractivity contribution in [3.8, 4) is 0 Å². The Kier molecular flexibility index (Phi) is 5.13. The maximum Gasteiger partial charge on any atom is 0.105 e. The Hall–Kier alpha value is -0.0600. The van der Waals surface area contributed by atoms with Crippen molar-refractivity contribution in [1.29, 1.82) is 0 Å². The van der Waals surface area contributed by atoms with E-state index in [4.69, 9.17) is 4.42 Å². The molecule has 1 aromatic heterocycles. The van der Waals surface area contributed by atoms with Crippen molar-refractivity contribution in [2.75, 3.05) is 23.8 Å². The van der Waals surface area contributed by atoms with Gasteiger partial charge in [0.15, 0.2) is 0 Å². The first-order valence-corrected chi connectivity index (χ1v) is 8.00. The maximum atomic E-state index is 5.35. The molecule has 0 bridgehead atoms. The van der Waals surface area contributed by atoms with Crippen molar-refractivity contribution in [3.05, 3.63) is 24.2 Å². The van der Waals surface area contributed by atoms with Gasteiger partial charge < -0.3 is 9.73 Å². The molecule has 2 unspecified atom stereocenters. The fraction of sp³-hybridized carbons (Fsp3) is 0.667. The summed E-state index contributed by atoms with van der Waals surface area (Å²) in [4.78, 5) is 0. The van der Waals surface area contributed by atoms with Crippen molar-refractivity contribution in [2.24, 2.45) is 0 Å². The number of hydrogen-bond donors (Lipinski definition) is 1. The van der Waals surface area contributed by atoms with E-state index in [0.717, 1.165) is 24.0 Å². The molecule has 0 aliphatic carbocycles. The van der Waals surface area contributed by atoms with E-state index in [-0.39, 0.29) is 0 Å². The van der Waals surface area contributed by atoms with Crippen LogP contribution in [0.5, 0.6) is 0 Å². The molecule has 16 heavy (non-hydrogen) atoms. The quantitative estimate of drug-likeness (QED) is 0.877. The fourth-order valence-electron chi connectivity index (χ4n) is 1.79. The predicted molar refractivity (Wildman–Crippen MR) is 73.4 cm³/mol. The summed E-state index contributed by atoms with van der Waals surface area (Å²) in [5.74, 6) is 5.00. The molecule has 1 aromatic rings. The molecule has 0 aromatic carbocycles. The average molecular weight is 257 g/mol. The molecule has 1 aliphatic rings. The van der Waals surface area contributed by atoms with Gasteiger partial charge in [0, 0.05) is 41.5 Å². The minimum atomic E-state index is 0.499.